The van der Waals surface area contributed by atoms with E-state index < -0.39 is 5.41 Å². The maximum atomic E-state index is 13.3. The first-order valence-electron chi connectivity index (χ1n) is 10.7. The standard InChI is InChI=1S/C24H30N2O3/c27-23(26-17-20-4-2-12-29-18-20)24(8-13-28-14-9-24)16-19-3-1-5-22(15-19)21-6-10-25-11-7-21/h1,3,5-7,10-11,15,20H,2,4,8-9,12-14,16-18H2,(H,26,27)/t20-/m0/s1. The maximum absolute atomic E-state index is 13.3. The quantitative estimate of drug-likeness (QED) is 0.813. The highest BCUT2D eigenvalue weighted by Gasteiger charge is 2.40. The zero-order valence-corrected chi connectivity index (χ0v) is 16.9. The summed E-state index contributed by atoms with van der Waals surface area (Å²) in [6.07, 6.45) is 8.10. The molecule has 5 heteroatoms. The number of nitrogens with one attached hydrogen (secondary N) is 1. The summed E-state index contributed by atoms with van der Waals surface area (Å²) in [5.74, 6) is 0.597. The summed E-state index contributed by atoms with van der Waals surface area (Å²) in [5, 5.41) is 3.25. The molecule has 1 aromatic heterocycles. The second-order valence-electron chi connectivity index (χ2n) is 8.30. The molecule has 2 saturated heterocycles. The van der Waals surface area contributed by atoms with E-state index in [1.54, 1.807) is 0 Å². The highest BCUT2D eigenvalue weighted by Crippen LogP contribution is 2.36. The molecule has 1 aromatic carbocycles. The van der Waals surface area contributed by atoms with E-state index in [4.69, 9.17) is 9.47 Å². The van der Waals surface area contributed by atoms with Gasteiger partial charge in [-0.2, -0.15) is 0 Å². The third-order valence-corrected chi connectivity index (χ3v) is 6.22. The molecule has 3 heterocycles. The van der Waals surface area contributed by atoms with Crippen molar-refractivity contribution >= 4 is 5.91 Å². The molecule has 2 aromatic rings. The summed E-state index contributed by atoms with van der Waals surface area (Å²) in [5.41, 5.74) is 3.10. The van der Waals surface area contributed by atoms with Gasteiger partial charge in [-0.05, 0) is 66.8 Å². The fourth-order valence-corrected chi connectivity index (χ4v) is 4.44. The van der Waals surface area contributed by atoms with Gasteiger partial charge in [0.15, 0.2) is 0 Å². The summed E-state index contributed by atoms with van der Waals surface area (Å²) < 4.78 is 11.2. The molecule has 0 aliphatic carbocycles. The molecule has 0 radical (unpaired) electrons. The van der Waals surface area contributed by atoms with Crippen molar-refractivity contribution in [1.29, 1.82) is 0 Å². The van der Waals surface area contributed by atoms with E-state index in [9.17, 15) is 4.79 Å². The number of carbonyl (C=O) groups excluding carboxylic acids is 1. The summed E-state index contributed by atoms with van der Waals surface area (Å²) in [6.45, 7) is 3.59. The van der Waals surface area contributed by atoms with Gasteiger partial charge in [0.2, 0.25) is 5.91 Å². The number of aromatic nitrogens is 1. The molecular weight excluding hydrogens is 364 g/mol. The summed E-state index contributed by atoms with van der Waals surface area (Å²) in [4.78, 5) is 17.4. The topological polar surface area (TPSA) is 60.5 Å². The van der Waals surface area contributed by atoms with E-state index in [2.05, 4.69) is 34.6 Å². The first-order valence-corrected chi connectivity index (χ1v) is 10.7. The van der Waals surface area contributed by atoms with Crippen LogP contribution in [0.2, 0.25) is 0 Å². The minimum atomic E-state index is -0.398. The average Bonchev–Trinajstić information content (AvgIpc) is 2.79. The van der Waals surface area contributed by atoms with Crippen LogP contribution in [0.3, 0.4) is 0 Å². The van der Waals surface area contributed by atoms with Crippen LogP contribution in [0.5, 0.6) is 0 Å². The van der Waals surface area contributed by atoms with Gasteiger partial charge < -0.3 is 14.8 Å². The predicted octanol–water partition coefficient (Wildman–Crippen LogP) is 3.63. The Balaban J connectivity index is 1.48. The number of amides is 1. The van der Waals surface area contributed by atoms with E-state index >= 15 is 0 Å². The number of nitrogens with zero attached hydrogens (tertiary/aromatic N) is 1. The first kappa shape index (κ1) is 20.0. The third kappa shape index (κ3) is 5.03. The number of hydrogen-bond acceptors (Lipinski definition) is 4. The van der Waals surface area contributed by atoms with Gasteiger partial charge >= 0.3 is 0 Å². The van der Waals surface area contributed by atoms with Crippen LogP contribution in [-0.4, -0.2) is 43.9 Å². The molecule has 2 aliphatic heterocycles. The van der Waals surface area contributed by atoms with Crippen molar-refractivity contribution in [1.82, 2.24) is 10.3 Å². The number of ether oxygens (including phenoxy) is 2. The normalized spacial score (nSPS) is 21.4. The van der Waals surface area contributed by atoms with Crippen LogP contribution < -0.4 is 5.32 Å². The van der Waals surface area contributed by atoms with Crippen LogP contribution in [0.15, 0.2) is 48.8 Å². The molecule has 1 atom stereocenters. The maximum Gasteiger partial charge on any atom is 0.226 e. The predicted molar refractivity (Wildman–Crippen MR) is 112 cm³/mol. The largest absolute Gasteiger partial charge is 0.381 e. The Kier molecular flexibility index (Phi) is 6.57. The van der Waals surface area contributed by atoms with Crippen LogP contribution in [0, 0.1) is 11.3 Å². The number of benzene rings is 1. The van der Waals surface area contributed by atoms with Crippen LogP contribution in [0.25, 0.3) is 11.1 Å². The van der Waals surface area contributed by atoms with E-state index in [-0.39, 0.29) is 5.91 Å². The van der Waals surface area contributed by atoms with Crippen molar-refractivity contribution in [2.75, 3.05) is 33.0 Å². The average molecular weight is 395 g/mol. The molecule has 4 rings (SSSR count). The molecule has 0 unspecified atom stereocenters. The van der Waals surface area contributed by atoms with E-state index in [1.165, 1.54) is 5.56 Å². The second-order valence-corrected chi connectivity index (χ2v) is 8.30. The Bertz CT molecular complexity index is 797. The summed E-state index contributed by atoms with van der Waals surface area (Å²) in [7, 11) is 0. The van der Waals surface area contributed by atoms with Crippen molar-refractivity contribution in [2.45, 2.75) is 32.1 Å². The molecule has 154 valence electrons. The molecule has 1 amide bonds. The molecule has 2 fully saturated rings. The second kappa shape index (κ2) is 9.51. The first-order chi connectivity index (χ1) is 14.3. The molecular formula is C24H30N2O3. The Morgan fingerprint density at radius 2 is 1.90 bits per heavy atom. The molecule has 0 bridgehead atoms. The monoisotopic (exact) mass is 394 g/mol. The lowest BCUT2D eigenvalue weighted by molar-refractivity contribution is -0.137. The minimum Gasteiger partial charge on any atom is -0.381 e. The number of carbonyl (C=O) groups is 1. The lowest BCUT2D eigenvalue weighted by Gasteiger charge is -2.36. The summed E-state index contributed by atoms with van der Waals surface area (Å²) in [6, 6.07) is 12.6. The fourth-order valence-electron chi connectivity index (χ4n) is 4.44. The van der Waals surface area contributed by atoms with Crippen molar-refractivity contribution < 1.29 is 14.3 Å². The molecule has 0 spiro atoms. The zero-order chi connectivity index (χ0) is 19.9. The molecule has 5 nitrogen and oxygen atoms in total. The number of rotatable bonds is 6. The van der Waals surface area contributed by atoms with Crippen molar-refractivity contribution in [3.05, 3.63) is 54.4 Å². The highest BCUT2D eigenvalue weighted by atomic mass is 16.5. The number of hydrogen-bond donors (Lipinski definition) is 1. The molecule has 1 N–H and O–H groups in total. The smallest absolute Gasteiger partial charge is 0.226 e. The Hall–Kier alpha value is -2.24. The van der Waals surface area contributed by atoms with Gasteiger partial charge in [-0.15, -0.1) is 0 Å². The minimum absolute atomic E-state index is 0.167. The number of pyridine rings is 1. The van der Waals surface area contributed by atoms with E-state index in [0.717, 1.165) is 56.4 Å². The van der Waals surface area contributed by atoms with Crippen molar-refractivity contribution in [2.24, 2.45) is 11.3 Å². The van der Waals surface area contributed by atoms with Gasteiger partial charge in [-0.3, -0.25) is 9.78 Å². The lowest BCUT2D eigenvalue weighted by Crippen LogP contribution is -2.47. The molecule has 0 saturated carbocycles. The lowest BCUT2D eigenvalue weighted by atomic mass is 9.74. The van der Waals surface area contributed by atoms with Gasteiger partial charge in [0.1, 0.15) is 0 Å². The SMILES string of the molecule is O=C(NC[C@@H]1CCCOC1)C1(Cc2cccc(-c3ccncc3)c2)CCOCC1. The highest BCUT2D eigenvalue weighted by molar-refractivity contribution is 5.83. The van der Waals surface area contributed by atoms with Crippen LogP contribution in [0.1, 0.15) is 31.2 Å². The van der Waals surface area contributed by atoms with E-state index in [0.29, 0.717) is 25.7 Å². The van der Waals surface area contributed by atoms with Crippen molar-refractivity contribution in [3.8, 4) is 11.1 Å². The third-order valence-electron chi connectivity index (χ3n) is 6.22. The Morgan fingerprint density at radius 1 is 1.07 bits per heavy atom. The van der Waals surface area contributed by atoms with Crippen molar-refractivity contribution in [3.63, 3.8) is 0 Å². The fraction of sp³-hybridized carbons (Fsp3) is 0.500. The van der Waals surface area contributed by atoms with Gasteiger partial charge in [-0.1, -0.05) is 24.3 Å². The van der Waals surface area contributed by atoms with Crippen LogP contribution >= 0.6 is 0 Å². The zero-order valence-electron chi connectivity index (χ0n) is 16.9. The van der Waals surface area contributed by atoms with Gasteiger partial charge in [0.25, 0.3) is 0 Å². The van der Waals surface area contributed by atoms with E-state index in [1.807, 2.05) is 24.5 Å². The Labute approximate surface area is 172 Å². The van der Waals surface area contributed by atoms with Crippen LogP contribution in [-0.2, 0) is 20.7 Å². The van der Waals surface area contributed by atoms with Gasteiger partial charge in [0, 0.05) is 38.8 Å². The summed E-state index contributed by atoms with van der Waals surface area (Å²) >= 11 is 0. The van der Waals surface area contributed by atoms with Gasteiger partial charge in [-0.25, -0.2) is 0 Å². The Morgan fingerprint density at radius 3 is 2.66 bits per heavy atom. The van der Waals surface area contributed by atoms with Gasteiger partial charge in [0.05, 0.1) is 12.0 Å². The molecule has 2 aliphatic rings. The van der Waals surface area contributed by atoms with Crippen LogP contribution in [0.4, 0.5) is 0 Å². The molecule has 29 heavy (non-hydrogen) atoms.